The molecule has 0 bridgehead atoms. The maximum atomic E-state index is 13.1. The van der Waals surface area contributed by atoms with Crippen molar-refractivity contribution < 1.29 is 14.5 Å². The Balaban J connectivity index is 1.40. The molecule has 2 aromatic rings. The highest BCUT2D eigenvalue weighted by molar-refractivity contribution is 5.83. The Labute approximate surface area is 187 Å². The van der Waals surface area contributed by atoms with Crippen LogP contribution in [0.3, 0.4) is 0 Å². The number of ether oxygens (including phenoxy) is 1. The molecule has 32 heavy (non-hydrogen) atoms. The van der Waals surface area contributed by atoms with Crippen LogP contribution in [0.5, 0.6) is 0 Å². The number of anilines is 1. The molecule has 4 rings (SSSR count). The van der Waals surface area contributed by atoms with Crippen LogP contribution < -0.4 is 5.73 Å². The predicted octanol–water partition coefficient (Wildman–Crippen LogP) is 3.00. The molecule has 168 valence electrons. The first-order valence-corrected chi connectivity index (χ1v) is 10.8. The minimum absolute atomic E-state index is 0.00229. The third kappa shape index (κ3) is 4.81. The van der Waals surface area contributed by atoms with Gasteiger partial charge in [-0.2, -0.15) is 0 Å². The van der Waals surface area contributed by atoms with Crippen molar-refractivity contribution >= 4 is 22.9 Å². The van der Waals surface area contributed by atoms with Crippen LogP contribution in [0.25, 0.3) is 5.57 Å². The molecule has 8 nitrogen and oxygen atoms in total. The third-order valence-electron chi connectivity index (χ3n) is 6.13. The summed E-state index contributed by atoms with van der Waals surface area (Å²) in [5.41, 5.74) is 9.67. The van der Waals surface area contributed by atoms with Gasteiger partial charge in [0.05, 0.1) is 11.5 Å². The molecule has 0 unspecified atom stereocenters. The van der Waals surface area contributed by atoms with E-state index >= 15 is 0 Å². The van der Waals surface area contributed by atoms with E-state index in [0.717, 1.165) is 24.2 Å². The fourth-order valence-corrected chi connectivity index (χ4v) is 4.29. The number of morpholine rings is 1. The van der Waals surface area contributed by atoms with Crippen molar-refractivity contribution in [3.05, 3.63) is 75.3 Å². The van der Waals surface area contributed by atoms with Gasteiger partial charge in [-0.15, -0.1) is 0 Å². The monoisotopic (exact) mass is 436 g/mol. The number of hydrogen-bond acceptors (Lipinski definition) is 6. The zero-order chi connectivity index (χ0) is 22.7. The molecule has 0 saturated carbocycles. The largest absolute Gasteiger partial charge is 0.393 e. The highest BCUT2D eigenvalue weighted by atomic mass is 16.6. The summed E-state index contributed by atoms with van der Waals surface area (Å²) in [4.78, 5) is 28.0. The van der Waals surface area contributed by atoms with Crippen molar-refractivity contribution in [1.29, 1.82) is 0 Å². The van der Waals surface area contributed by atoms with Gasteiger partial charge in [0.1, 0.15) is 11.8 Å². The highest BCUT2D eigenvalue weighted by Crippen LogP contribution is 2.32. The Bertz CT molecular complexity index is 1040. The number of nitrogens with two attached hydrogens (primary N) is 1. The van der Waals surface area contributed by atoms with Gasteiger partial charge in [-0.3, -0.25) is 19.8 Å². The summed E-state index contributed by atoms with van der Waals surface area (Å²) in [7, 11) is 0. The topological polar surface area (TPSA) is 102 Å². The van der Waals surface area contributed by atoms with Crippen LogP contribution in [0.1, 0.15) is 23.1 Å². The number of hydrogen-bond donors (Lipinski definition) is 1. The van der Waals surface area contributed by atoms with E-state index in [9.17, 15) is 14.9 Å². The Morgan fingerprint density at radius 1 is 1.25 bits per heavy atom. The minimum atomic E-state index is -0.470. The average molecular weight is 437 g/mol. The van der Waals surface area contributed by atoms with Gasteiger partial charge >= 0.3 is 0 Å². The number of carbonyl (C=O) groups excluding carboxylic acids is 1. The summed E-state index contributed by atoms with van der Waals surface area (Å²) in [5, 5.41) is 11.3. The summed E-state index contributed by atoms with van der Waals surface area (Å²) in [6, 6.07) is 13.6. The van der Waals surface area contributed by atoms with Gasteiger partial charge < -0.3 is 15.4 Å². The molecular weight excluding hydrogens is 408 g/mol. The van der Waals surface area contributed by atoms with E-state index in [-0.39, 0.29) is 17.3 Å². The van der Waals surface area contributed by atoms with Gasteiger partial charge in [-0.25, -0.2) is 0 Å². The number of aryl methyl sites for hydroxylation is 1. The lowest BCUT2D eigenvalue weighted by atomic mass is 9.96. The summed E-state index contributed by atoms with van der Waals surface area (Å²) in [5.74, 6) is -0.00229. The number of nitro benzene ring substituents is 1. The van der Waals surface area contributed by atoms with Gasteiger partial charge in [0.2, 0.25) is 0 Å². The smallest absolute Gasteiger partial charge is 0.292 e. The first-order valence-electron chi connectivity index (χ1n) is 10.8. The molecule has 1 atom stereocenters. The van der Waals surface area contributed by atoms with Gasteiger partial charge in [-0.1, -0.05) is 36.4 Å². The standard InChI is InChI=1S/C24H28N4O4/c1-17-13-20(14-21(23(17)25)28(30)31)19-7-9-27(10-8-19)24(29)22-16-26(11-12-32-22)15-18-5-3-2-4-6-18/h2-7,13-14,22H,8-12,15-16,25H2,1H3/t22-/m0/s1. The molecule has 1 fully saturated rings. The lowest BCUT2D eigenvalue weighted by Gasteiger charge is -2.36. The Morgan fingerprint density at radius 3 is 2.72 bits per heavy atom. The van der Waals surface area contributed by atoms with E-state index in [1.165, 1.54) is 11.6 Å². The molecule has 2 aromatic carbocycles. The van der Waals surface area contributed by atoms with Crippen molar-refractivity contribution in [1.82, 2.24) is 9.80 Å². The fourth-order valence-electron chi connectivity index (χ4n) is 4.29. The van der Waals surface area contributed by atoms with E-state index in [1.54, 1.807) is 11.8 Å². The summed E-state index contributed by atoms with van der Waals surface area (Å²) in [6.07, 6.45) is 2.13. The number of nitrogens with zero attached hydrogens (tertiary/aromatic N) is 3. The van der Waals surface area contributed by atoms with Crippen molar-refractivity contribution in [3.63, 3.8) is 0 Å². The molecule has 2 heterocycles. The van der Waals surface area contributed by atoms with E-state index in [4.69, 9.17) is 10.5 Å². The molecular formula is C24H28N4O4. The lowest BCUT2D eigenvalue weighted by Crippen LogP contribution is -2.51. The molecule has 1 saturated heterocycles. The third-order valence-corrected chi connectivity index (χ3v) is 6.13. The first kappa shape index (κ1) is 22.0. The van der Waals surface area contributed by atoms with E-state index in [0.29, 0.717) is 38.2 Å². The number of nitro groups is 1. The number of carbonyl (C=O) groups is 1. The Morgan fingerprint density at radius 2 is 2.03 bits per heavy atom. The zero-order valence-corrected chi connectivity index (χ0v) is 18.2. The SMILES string of the molecule is Cc1cc(C2=CCN(C(=O)[C@@H]3CN(Cc4ccccc4)CCO3)CC2)cc([N+](=O)[O-])c1N. The minimum Gasteiger partial charge on any atom is -0.393 e. The van der Waals surface area contributed by atoms with E-state index in [1.807, 2.05) is 30.3 Å². The highest BCUT2D eigenvalue weighted by Gasteiger charge is 2.31. The van der Waals surface area contributed by atoms with Gasteiger partial charge in [0.15, 0.2) is 0 Å². The van der Waals surface area contributed by atoms with Crippen molar-refractivity contribution in [2.45, 2.75) is 26.0 Å². The van der Waals surface area contributed by atoms with Crippen LogP contribution in [0, 0.1) is 17.0 Å². The lowest BCUT2D eigenvalue weighted by molar-refractivity contribution is -0.383. The fraction of sp³-hybridized carbons (Fsp3) is 0.375. The molecule has 1 amide bonds. The maximum Gasteiger partial charge on any atom is 0.292 e. The van der Waals surface area contributed by atoms with Crippen LogP contribution in [0.2, 0.25) is 0 Å². The van der Waals surface area contributed by atoms with E-state index in [2.05, 4.69) is 17.0 Å². The second-order valence-electron chi connectivity index (χ2n) is 8.33. The Hall–Kier alpha value is -3.23. The van der Waals surface area contributed by atoms with Crippen molar-refractivity contribution in [2.75, 3.05) is 38.5 Å². The van der Waals surface area contributed by atoms with Crippen LogP contribution in [0.4, 0.5) is 11.4 Å². The molecule has 2 aliphatic heterocycles. The molecule has 2 N–H and O–H groups in total. The van der Waals surface area contributed by atoms with Crippen molar-refractivity contribution in [2.24, 2.45) is 0 Å². The first-order chi connectivity index (χ1) is 15.4. The van der Waals surface area contributed by atoms with Crippen LogP contribution in [-0.2, 0) is 16.1 Å². The van der Waals surface area contributed by atoms with E-state index < -0.39 is 11.0 Å². The quantitative estimate of drug-likeness (QED) is 0.439. The van der Waals surface area contributed by atoms with Crippen LogP contribution in [-0.4, -0.2) is 59.5 Å². The Kier molecular flexibility index (Phi) is 6.53. The number of amides is 1. The van der Waals surface area contributed by atoms with Crippen LogP contribution >= 0.6 is 0 Å². The van der Waals surface area contributed by atoms with Gasteiger partial charge in [0, 0.05) is 38.8 Å². The maximum absolute atomic E-state index is 13.1. The number of benzene rings is 2. The van der Waals surface area contributed by atoms with Gasteiger partial charge in [0.25, 0.3) is 11.6 Å². The molecule has 0 aromatic heterocycles. The summed E-state index contributed by atoms with van der Waals surface area (Å²) < 4.78 is 5.80. The normalized spacial score (nSPS) is 19.5. The molecule has 0 spiro atoms. The second-order valence-corrected chi connectivity index (χ2v) is 8.33. The molecule has 2 aliphatic rings. The predicted molar refractivity (Wildman–Crippen MR) is 123 cm³/mol. The van der Waals surface area contributed by atoms with Gasteiger partial charge in [-0.05, 0) is 41.7 Å². The molecule has 0 aliphatic carbocycles. The summed E-state index contributed by atoms with van der Waals surface area (Å²) in [6.45, 7) is 5.50. The number of rotatable bonds is 5. The molecule has 8 heteroatoms. The average Bonchev–Trinajstić information content (AvgIpc) is 2.81. The molecule has 0 radical (unpaired) electrons. The second kappa shape index (κ2) is 9.50. The number of nitrogen functional groups attached to an aromatic ring is 1. The van der Waals surface area contributed by atoms with Crippen molar-refractivity contribution in [3.8, 4) is 0 Å². The van der Waals surface area contributed by atoms with Crippen LogP contribution in [0.15, 0.2) is 48.5 Å². The summed E-state index contributed by atoms with van der Waals surface area (Å²) >= 11 is 0. The zero-order valence-electron chi connectivity index (χ0n) is 18.2.